The molecule has 0 aliphatic carbocycles. The standard InChI is InChI=1S/C12H13N3O5S/c1-7(16)14-15-10(17)8-2-5-21-12(8)13-11(18)9-6-19-3-4-20-9/h2,5-6H,3-4H2,1H3,(H,13,18)(H,14,16)(H,15,17). The predicted octanol–water partition coefficient (Wildman–Crippen LogP) is 0.356. The highest BCUT2D eigenvalue weighted by atomic mass is 32.1. The number of thiophene rings is 1. The zero-order chi connectivity index (χ0) is 15.2. The molecule has 21 heavy (non-hydrogen) atoms. The molecule has 0 bridgehead atoms. The van der Waals surface area contributed by atoms with Crippen molar-refractivity contribution in [3.63, 3.8) is 0 Å². The molecule has 0 saturated carbocycles. The van der Waals surface area contributed by atoms with Crippen molar-refractivity contribution in [2.75, 3.05) is 18.5 Å². The Balaban J connectivity index is 2.02. The van der Waals surface area contributed by atoms with E-state index in [1.165, 1.54) is 30.6 Å². The molecule has 1 aliphatic heterocycles. The van der Waals surface area contributed by atoms with E-state index in [0.717, 1.165) is 0 Å². The van der Waals surface area contributed by atoms with Crippen LogP contribution in [0.4, 0.5) is 5.00 Å². The molecule has 1 aromatic heterocycles. The molecular weight excluding hydrogens is 298 g/mol. The van der Waals surface area contributed by atoms with Gasteiger partial charge in [-0.05, 0) is 11.4 Å². The van der Waals surface area contributed by atoms with Crippen LogP contribution < -0.4 is 16.2 Å². The van der Waals surface area contributed by atoms with E-state index in [1.54, 1.807) is 5.38 Å². The molecule has 2 rings (SSSR count). The highest BCUT2D eigenvalue weighted by Gasteiger charge is 2.19. The SMILES string of the molecule is CC(=O)NNC(=O)c1ccsc1NC(=O)C1=COCCO1. The number of carbonyl (C=O) groups excluding carboxylic acids is 3. The number of amides is 3. The fourth-order valence-corrected chi connectivity index (χ4v) is 2.23. The summed E-state index contributed by atoms with van der Waals surface area (Å²) in [7, 11) is 0. The largest absolute Gasteiger partial charge is 0.494 e. The molecule has 0 aromatic carbocycles. The Kier molecular flexibility index (Phi) is 4.77. The first kappa shape index (κ1) is 14.9. The quantitative estimate of drug-likeness (QED) is 0.699. The van der Waals surface area contributed by atoms with Gasteiger partial charge in [0.2, 0.25) is 11.7 Å². The lowest BCUT2D eigenvalue weighted by molar-refractivity contribution is -0.119. The minimum atomic E-state index is -0.531. The minimum absolute atomic E-state index is 0.0443. The average Bonchev–Trinajstić information content (AvgIpc) is 2.93. The fourth-order valence-electron chi connectivity index (χ4n) is 1.45. The molecule has 8 nitrogen and oxygen atoms in total. The van der Waals surface area contributed by atoms with E-state index < -0.39 is 17.7 Å². The summed E-state index contributed by atoms with van der Waals surface area (Å²) in [5.74, 6) is -1.40. The summed E-state index contributed by atoms with van der Waals surface area (Å²) < 4.78 is 10.1. The lowest BCUT2D eigenvalue weighted by atomic mass is 10.3. The van der Waals surface area contributed by atoms with Gasteiger partial charge in [-0.15, -0.1) is 11.3 Å². The van der Waals surface area contributed by atoms with Crippen molar-refractivity contribution in [1.82, 2.24) is 10.9 Å². The van der Waals surface area contributed by atoms with E-state index in [1.807, 2.05) is 0 Å². The second-order valence-electron chi connectivity index (χ2n) is 3.95. The van der Waals surface area contributed by atoms with Gasteiger partial charge in [0.15, 0.2) is 0 Å². The maximum Gasteiger partial charge on any atom is 0.294 e. The summed E-state index contributed by atoms with van der Waals surface area (Å²) in [6, 6.07) is 1.53. The third kappa shape index (κ3) is 3.96. The highest BCUT2D eigenvalue weighted by Crippen LogP contribution is 2.24. The minimum Gasteiger partial charge on any atom is -0.494 e. The molecule has 0 saturated heterocycles. The second kappa shape index (κ2) is 6.75. The number of carbonyl (C=O) groups is 3. The van der Waals surface area contributed by atoms with E-state index in [4.69, 9.17) is 9.47 Å². The molecule has 0 unspecified atom stereocenters. The molecule has 3 N–H and O–H groups in total. The molecule has 9 heteroatoms. The van der Waals surface area contributed by atoms with Crippen LogP contribution in [0.5, 0.6) is 0 Å². The van der Waals surface area contributed by atoms with Crippen molar-refractivity contribution in [3.8, 4) is 0 Å². The Morgan fingerprint density at radius 2 is 2.00 bits per heavy atom. The lowest BCUT2D eigenvalue weighted by Crippen LogP contribution is -2.40. The summed E-state index contributed by atoms with van der Waals surface area (Å²) in [5.41, 5.74) is 4.63. The number of hydrogen-bond donors (Lipinski definition) is 3. The maximum absolute atomic E-state index is 11.9. The molecule has 1 aromatic rings. The molecule has 2 heterocycles. The van der Waals surface area contributed by atoms with Gasteiger partial charge in [-0.25, -0.2) is 0 Å². The van der Waals surface area contributed by atoms with Crippen molar-refractivity contribution in [1.29, 1.82) is 0 Å². The van der Waals surface area contributed by atoms with Gasteiger partial charge in [0.25, 0.3) is 11.8 Å². The number of ether oxygens (including phenoxy) is 2. The van der Waals surface area contributed by atoms with E-state index >= 15 is 0 Å². The van der Waals surface area contributed by atoms with Crippen molar-refractivity contribution >= 4 is 34.1 Å². The van der Waals surface area contributed by atoms with Gasteiger partial charge in [-0.2, -0.15) is 0 Å². The molecule has 0 atom stereocenters. The van der Waals surface area contributed by atoms with Gasteiger partial charge in [0.05, 0.1) is 5.56 Å². The number of hydrogen-bond acceptors (Lipinski definition) is 6. The molecular formula is C12H13N3O5S. The van der Waals surface area contributed by atoms with Crippen LogP contribution in [0.2, 0.25) is 0 Å². The zero-order valence-corrected chi connectivity index (χ0v) is 11.9. The molecule has 0 radical (unpaired) electrons. The van der Waals surface area contributed by atoms with Crippen LogP contribution in [0, 0.1) is 0 Å². The Bertz CT molecular complexity index is 595. The molecule has 3 amide bonds. The van der Waals surface area contributed by atoms with Gasteiger partial charge in [-0.1, -0.05) is 0 Å². The number of nitrogens with one attached hydrogen (secondary N) is 3. The first-order valence-electron chi connectivity index (χ1n) is 5.98. The number of hydrazine groups is 1. The predicted molar refractivity (Wildman–Crippen MR) is 74.2 cm³/mol. The van der Waals surface area contributed by atoms with Crippen LogP contribution >= 0.6 is 11.3 Å². The van der Waals surface area contributed by atoms with Crippen LogP contribution in [0.15, 0.2) is 23.5 Å². The maximum atomic E-state index is 11.9. The van der Waals surface area contributed by atoms with Crippen LogP contribution in [-0.2, 0) is 19.1 Å². The molecule has 112 valence electrons. The van der Waals surface area contributed by atoms with Crippen molar-refractivity contribution in [3.05, 3.63) is 29.0 Å². The van der Waals surface area contributed by atoms with Gasteiger partial charge in [0.1, 0.15) is 24.5 Å². The van der Waals surface area contributed by atoms with Crippen LogP contribution in [0.3, 0.4) is 0 Å². The smallest absolute Gasteiger partial charge is 0.294 e. The fraction of sp³-hybridized carbons (Fsp3) is 0.250. The van der Waals surface area contributed by atoms with Crippen LogP contribution in [-0.4, -0.2) is 30.9 Å². The summed E-state index contributed by atoms with van der Waals surface area (Å²) in [5, 5.41) is 4.55. The van der Waals surface area contributed by atoms with E-state index in [9.17, 15) is 14.4 Å². The number of anilines is 1. The third-order valence-corrected chi connectivity index (χ3v) is 3.19. The first-order chi connectivity index (χ1) is 10.1. The average molecular weight is 311 g/mol. The van der Waals surface area contributed by atoms with E-state index in [-0.39, 0.29) is 11.3 Å². The monoisotopic (exact) mass is 311 g/mol. The van der Waals surface area contributed by atoms with Gasteiger partial charge < -0.3 is 14.8 Å². The number of rotatable bonds is 3. The third-order valence-electron chi connectivity index (χ3n) is 2.36. The molecule has 0 spiro atoms. The van der Waals surface area contributed by atoms with Crippen molar-refractivity contribution in [2.24, 2.45) is 0 Å². The highest BCUT2D eigenvalue weighted by molar-refractivity contribution is 7.14. The molecule has 0 fully saturated rings. The van der Waals surface area contributed by atoms with Crippen molar-refractivity contribution in [2.45, 2.75) is 6.92 Å². The zero-order valence-electron chi connectivity index (χ0n) is 11.1. The van der Waals surface area contributed by atoms with Gasteiger partial charge in [-0.3, -0.25) is 25.2 Å². The summed E-state index contributed by atoms with van der Waals surface area (Å²) in [4.78, 5) is 34.5. The Hall–Kier alpha value is -2.55. The van der Waals surface area contributed by atoms with Crippen LogP contribution in [0.1, 0.15) is 17.3 Å². The molecule has 1 aliphatic rings. The second-order valence-corrected chi connectivity index (χ2v) is 4.87. The summed E-state index contributed by atoms with van der Waals surface area (Å²) in [6.07, 6.45) is 1.23. The van der Waals surface area contributed by atoms with E-state index in [0.29, 0.717) is 18.2 Å². The topological polar surface area (TPSA) is 106 Å². The Labute approximate surface area is 124 Å². The normalized spacial score (nSPS) is 13.3. The summed E-state index contributed by atoms with van der Waals surface area (Å²) in [6.45, 7) is 1.95. The van der Waals surface area contributed by atoms with E-state index in [2.05, 4.69) is 16.2 Å². The Morgan fingerprint density at radius 3 is 2.67 bits per heavy atom. The van der Waals surface area contributed by atoms with Gasteiger partial charge in [0, 0.05) is 6.92 Å². The first-order valence-corrected chi connectivity index (χ1v) is 6.86. The Morgan fingerprint density at radius 1 is 1.19 bits per heavy atom. The van der Waals surface area contributed by atoms with Crippen LogP contribution in [0.25, 0.3) is 0 Å². The lowest BCUT2D eigenvalue weighted by Gasteiger charge is -2.15. The van der Waals surface area contributed by atoms with Crippen molar-refractivity contribution < 1.29 is 23.9 Å². The summed E-state index contributed by atoms with van der Waals surface area (Å²) >= 11 is 1.18. The van der Waals surface area contributed by atoms with Gasteiger partial charge >= 0.3 is 0 Å².